The average molecular weight is 381 g/mol. The minimum Gasteiger partial charge on any atom is -0.482 e. The zero-order chi connectivity index (χ0) is 16.8. The fourth-order valence-electron chi connectivity index (χ4n) is 2.97. The van der Waals surface area contributed by atoms with E-state index in [9.17, 15) is 9.59 Å². The molecule has 1 heterocycles. The van der Waals surface area contributed by atoms with Crippen LogP contribution in [0.1, 0.15) is 33.6 Å². The first-order valence-corrected chi connectivity index (χ1v) is 8.60. The standard InChI is InChI=1S/C17H21BrN2O3/c1-17(2,3)10-4-9(5-10)16(22)20-12-7-14-13(6-11(12)18)19-15(21)8-23-14/h6-7,9-10H,4-5,8H2,1-3H3,(H,19,21)(H,20,22). The molecule has 2 aliphatic rings. The number of anilines is 2. The number of hydrogen-bond donors (Lipinski definition) is 2. The predicted octanol–water partition coefficient (Wildman–Crippen LogP) is 3.79. The maximum Gasteiger partial charge on any atom is 0.262 e. The van der Waals surface area contributed by atoms with Gasteiger partial charge in [-0.25, -0.2) is 0 Å². The zero-order valence-electron chi connectivity index (χ0n) is 13.5. The summed E-state index contributed by atoms with van der Waals surface area (Å²) in [5, 5.41) is 5.71. The van der Waals surface area contributed by atoms with Gasteiger partial charge in [-0.2, -0.15) is 0 Å². The Morgan fingerprint density at radius 1 is 1.35 bits per heavy atom. The maximum atomic E-state index is 12.4. The molecular weight excluding hydrogens is 360 g/mol. The van der Waals surface area contributed by atoms with Gasteiger partial charge in [-0.1, -0.05) is 20.8 Å². The molecule has 0 spiro atoms. The van der Waals surface area contributed by atoms with E-state index in [1.54, 1.807) is 12.1 Å². The zero-order valence-corrected chi connectivity index (χ0v) is 15.1. The quantitative estimate of drug-likeness (QED) is 0.819. The van der Waals surface area contributed by atoms with Gasteiger partial charge >= 0.3 is 0 Å². The number of rotatable bonds is 2. The van der Waals surface area contributed by atoms with Gasteiger partial charge in [0.15, 0.2) is 6.61 Å². The summed E-state index contributed by atoms with van der Waals surface area (Å²) in [4.78, 5) is 23.7. The van der Waals surface area contributed by atoms with Crippen LogP contribution in [0.4, 0.5) is 11.4 Å². The molecule has 0 aromatic heterocycles. The maximum absolute atomic E-state index is 12.4. The van der Waals surface area contributed by atoms with E-state index < -0.39 is 0 Å². The Morgan fingerprint density at radius 2 is 2.04 bits per heavy atom. The molecule has 0 unspecified atom stereocenters. The number of carbonyl (C=O) groups is 2. The molecule has 6 heteroatoms. The fraction of sp³-hybridized carbons (Fsp3) is 0.529. The van der Waals surface area contributed by atoms with E-state index in [-0.39, 0.29) is 29.8 Å². The minimum absolute atomic E-state index is 0.00208. The van der Waals surface area contributed by atoms with Crippen LogP contribution in [0.15, 0.2) is 16.6 Å². The molecule has 1 aliphatic carbocycles. The van der Waals surface area contributed by atoms with Gasteiger partial charge in [0.05, 0.1) is 11.4 Å². The van der Waals surface area contributed by atoms with Crippen LogP contribution in [-0.2, 0) is 9.59 Å². The number of nitrogens with one attached hydrogen (secondary N) is 2. The lowest BCUT2D eigenvalue weighted by Crippen LogP contribution is -2.40. The van der Waals surface area contributed by atoms with Crippen molar-refractivity contribution in [1.82, 2.24) is 0 Å². The number of benzene rings is 1. The molecule has 0 bridgehead atoms. The largest absolute Gasteiger partial charge is 0.482 e. The predicted molar refractivity (Wildman–Crippen MR) is 92.6 cm³/mol. The van der Waals surface area contributed by atoms with Crippen molar-refractivity contribution >= 4 is 39.1 Å². The van der Waals surface area contributed by atoms with E-state index in [1.165, 1.54) is 0 Å². The molecule has 1 saturated carbocycles. The summed E-state index contributed by atoms with van der Waals surface area (Å²) in [6.07, 6.45) is 1.87. The lowest BCUT2D eigenvalue weighted by atomic mass is 9.63. The summed E-state index contributed by atoms with van der Waals surface area (Å²) in [5.74, 6) is 1.12. The van der Waals surface area contributed by atoms with Crippen molar-refractivity contribution in [2.75, 3.05) is 17.2 Å². The lowest BCUT2D eigenvalue weighted by molar-refractivity contribution is -0.125. The molecule has 5 nitrogen and oxygen atoms in total. The van der Waals surface area contributed by atoms with Crippen LogP contribution in [-0.4, -0.2) is 18.4 Å². The number of halogens is 1. The minimum atomic E-state index is -0.177. The molecular formula is C17H21BrN2O3. The van der Waals surface area contributed by atoms with Gasteiger partial charge in [0.2, 0.25) is 5.91 Å². The molecule has 1 aromatic carbocycles. The number of hydrogen-bond acceptors (Lipinski definition) is 3. The Bertz CT molecular complexity index is 661. The summed E-state index contributed by atoms with van der Waals surface area (Å²) < 4.78 is 6.12. The number of carbonyl (C=O) groups excluding carboxylic acids is 2. The third-order valence-electron chi connectivity index (χ3n) is 4.69. The highest BCUT2D eigenvalue weighted by atomic mass is 79.9. The molecule has 2 amide bonds. The highest BCUT2D eigenvalue weighted by Crippen LogP contribution is 2.46. The topological polar surface area (TPSA) is 67.4 Å². The van der Waals surface area contributed by atoms with E-state index >= 15 is 0 Å². The summed E-state index contributed by atoms with van der Waals surface area (Å²) >= 11 is 3.43. The second kappa shape index (κ2) is 5.82. The van der Waals surface area contributed by atoms with Gasteiger partial charge in [0, 0.05) is 16.5 Å². The first-order valence-electron chi connectivity index (χ1n) is 7.81. The first-order chi connectivity index (χ1) is 10.7. The molecule has 1 aromatic rings. The number of amides is 2. The van der Waals surface area contributed by atoms with Crippen molar-refractivity contribution in [2.45, 2.75) is 33.6 Å². The Kier molecular flexibility index (Phi) is 4.12. The highest BCUT2D eigenvalue weighted by molar-refractivity contribution is 9.10. The van der Waals surface area contributed by atoms with Gasteiger partial charge < -0.3 is 15.4 Å². The van der Waals surface area contributed by atoms with Gasteiger partial charge in [-0.3, -0.25) is 9.59 Å². The normalized spacial score (nSPS) is 23.2. The van der Waals surface area contributed by atoms with Gasteiger partial charge in [0.1, 0.15) is 5.75 Å². The van der Waals surface area contributed by atoms with Crippen molar-refractivity contribution in [1.29, 1.82) is 0 Å². The highest BCUT2D eigenvalue weighted by Gasteiger charge is 2.40. The average Bonchev–Trinajstić information content (AvgIpc) is 2.36. The molecule has 0 radical (unpaired) electrons. The van der Waals surface area contributed by atoms with E-state index in [0.29, 0.717) is 23.0 Å². The summed E-state index contributed by atoms with van der Waals surface area (Å²) in [7, 11) is 0. The van der Waals surface area contributed by atoms with E-state index in [0.717, 1.165) is 17.3 Å². The van der Waals surface area contributed by atoms with Crippen molar-refractivity contribution in [3.05, 3.63) is 16.6 Å². The smallest absolute Gasteiger partial charge is 0.262 e. The Hall–Kier alpha value is -1.56. The SMILES string of the molecule is CC(C)(C)C1CC(C(=O)Nc2cc3c(cc2Br)NC(=O)CO3)C1. The van der Waals surface area contributed by atoms with Crippen molar-refractivity contribution in [2.24, 2.45) is 17.3 Å². The van der Waals surface area contributed by atoms with Crippen molar-refractivity contribution in [3.8, 4) is 5.75 Å². The molecule has 3 rings (SSSR count). The molecule has 1 aliphatic heterocycles. The summed E-state index contributed by atoms with van der Waals surface area (Å²) in [6.45, 7) is 6.66. The summed E-state index contributed by atoms with van der Waals surface area (Å²) in [5.41, 5.74) is 1.54. The van der Waals surface area contributed by atoms with Gasteiger partial charge in [0.25, 0.3) is 5.91 Å². The third kappa shape index (κ3) is 3.37. The van der Waals surface area contributed by atoms with Crippen LogP contribution in [0, 0.1) is 17.3 Å². The third-order valence-corrected chi connectivity index (χ3v) is 5.35. The van der Waals surface area contributed by atoms with E-state index in [1.807, 2.05) is 0 Å². The molecule has 0 atom stereocenters. The van der Waals surface area contributed by atoms with Crippen LogP contribution in [0.25, 0.3) is 0 Å². The molecule has 23 heavy (non-hydrogen) atoms. The molecule has 1 fully saturated rings. The van der Waals surface area contributed by atoms with E-state index in [2.05, 4.69) is 47.3 Å². The fourth-order valence-corrected chi connectivity index (χ4v) is 3.41. The monoisotopic (exact) mass is 380 g/mol. The molecule has 2 N–H and O–H groups in total. The van der Waals surface area contributed by atoms with Gasteiger partial charge in [-0.15, -0.1) is 0 Å². The van der Waals surface area contributed by atoms with Gasteiger partial charge in [-0.05, 0) is 46.2 Å². The summed E-state index contributed by atoms with van der Waals surface area (Å²) in [6, 6.07) is 3.50. The first kappa shape index (κ1) is 16.3. The Labute approximate surface area is 144 Å². The molecule has 124 valence electrons. The van der Waals surface area contributed by atoms with Crippen LogP contribution in [0.2, 0.25) is 0 Å². The van der Waals surface area contributed by atoms with Crippen LogP contribution in [0.3, 0.4) is 0 Å². The number of fused-ring (bicyclic) bond motifs is 1. The van der Waals surface area contributed by atoms with Crippen LogP contribution < -0.4 is 15.4 Å². The second-order valence-corrected chi connectivity index (χ2v) is 8.24. The molecule has 0 saturated heterocycles. The van der Waals surface area contributed by atoms with Crippen molar-refractivity contribution < 1.29 is 14.3 Å². The van der Waals surface area contributed by atoms with Crippen LogP contribution in [0.5, 0.6) is 5.75 Å². The number of ether oxygens (including phenoxy) is 1. The Balaban J connectivity index is 1.67. The Morgan fingerprint density at radius 3 is 2.70 bits per heavy atom. The van der Waals surface area contributed by atoms with E-state index in [4.69, 9.17) is 4.74 Å². The van der Waals surface area contributed by atoms with Crippen LogP contribution >= 0.6 is 15.9 Å². The lowest BCUT2D eigenvalue weighted by Gasteiger charge is -2.42. The van der Waals surface area contributed by atoms with Crippen molar-refractivity contribution in [3.63, 3.8) is 0 Å². The second-order valence-electron chi connectivity index (χ2n) is 7.39.